The molecule has 0 spiro atoms. The van der Waals surface area contributed by atoms with Crippen molar-refractivity contribution in [3.63, 3.8) is 0 Å². The van der Waals surface area contributed by atoms with Crippen LogP contribution in [-0.2, 0) is 4.52 Å². The average molecular weight is 177 g/mol. The first-order chi connectivity index (χ1) is 5.43. The zero-order valence-electron chi connectivity index (χ0n) is 6.68. The number of piperidine rings is 1. The van der Waals surface area contributed by atoms with Gasteiger partial charge in [0.2, 0.25) is 0 Å². The Morgan fingerprint density at radius 3 is 3.09 bits per heavy atom. The number of rotatable bonds is 4. The van der Waals surface area contributed by atoms with E-state index in [0.717, 1.165) is 13.0 Å². The summed E-state index contributed by atoms with van der Waals surface area (Å²) in [5.41, 5.74) is 0. The minimum atomic E-state index is -0.349. The summed E-state index contributed by atoms with van der Waals surface area (Å²) in [5.74, 6) is 0. The van der Waals surface area contributed by atoms with Crippen LogP contribution >= 0.6 is 9.03 Å². The Labute approximate surface area is 69.5 Å². The van der Waals surface area contributed by atoms with Gasteiger partial charge in [-0.2, -0.15) is 0 Å². The first kappa shape index (κ1) is 9.40. The molecular formula is C7H16NO2P. The Morgan fingerprint density at radius 1 is 1.55 bits per heavy atom. The highest BCUT2D eigenvalue weighted by atomic mass is 31.1. The zero-order chi connectivity index (χ0) is 7.94. The lowest BCUT2D eigenvalue weighted by Crippen LogP contribution is -2.34. The van der Waals surface area contributed by atoms with Gasteiger partial charge in [-0.1, -0.05) is 6.42 Å². The summed E-state index contributed by atoms with van der Waals surface area (Å²) >= 11 is 0. The van der Waals surface area contributed by atoms with Gasteiger partial charge in [-0.3, -0.25) is 0 Å². The lowest BCUT2D eigenvalue weighted by Gasteiger charge is -2.22. The standard InChI is InChI=1S/C7H16NO2P/c9-11-10-6-4-7-3-1-2-5-8-7/h7-9,11H,1-6H2. The van der Waals surface area contributed by atoms with Gasteiger partial charge < -0.3 is 14.7 Å². The van der Waals surface area contributed by atoms with Crippen LogP contribution in [0.4, 0.5) is 0 Å². The van der Waals surface area contributed by atoms with E-state index in [2.05, 4.69) is 5.32 Å². The fourth-order valence-corrected chi connectivity index (χ4v) is 1.63. The van der Waals surface area contributed by atoms with E-state index in [9.17, 15) is 0 Å². The molecule has 0 saturated carbocycles. The van der Waals surface area contributed by atoms with E-state index in [1.807, 2.05) is 0 Å². The molecule has 2 unspecified atom stereocenters. The molecule has 3 nitrogen and oxygen atoms in total. The minimum absolute atomic E-state index is 0.349. The molecule has 1 aliphatic rings. The van der Waals surface area contributed by atoms with Gasteiger partial charge in [-0.05, 0) is 25.8 Å². The smallest absolute Gasteiger partial charge is 0.152 e. The Hall–Kier alpha value is 0.310. The predicted molar refractivity (Wildman–Crippen MR) is 46.7 cm³/mol. The van der Waals surface area contributed by atoms with Gasteiger partial charge in [0.05, 0.1) is 6.61 Å². The van der Waals surface area contributed by atoms with E-state index in [0.29, 0.717) is 12.6 Å². The summed E-state index contributed by atoms with van der Waals surface area (Å²) in [5, 5.41) is 3.42. The van der Waals surface area contributed by atoms with E-state index in [1.54, 1.807) is 0 Å². The van der Waals surface area contributed by atoms with Crippen molar-refractivity contribution in [3.05, 3.63) is 0 Å². The maximum Gasteiger partial charge on any atom is 0.152 e. The lowest BCUT2D eigenvalue weighted by atomic mass is 10.0. The molecule has 0 aromatic carbocycles. The SMILES string of the molecule is OPOCCC1CCCCN1. The summed E-state index contributed by atoms with van der Waals surface area (Å²) in [6, 6.07) is 0.625. The van der Waals surface area contributed by atoms with Crippen LogP contribution in [-0.4, -0.2) is 24.1 Å². The average Bonchev–Trinajstić information content (AvgIpc) is 2.07. The molecular weight excluding hydrogens is 161 g/mol. The highest BCUT2D eigenvalue weighted by Gasteiger charge is 2.11. The Morgan fingerprint density at radius 2 is 2.45 bits per heavy atom. The van der Waals surface area contributed by atoms with Crippen LogP contribution in [0.25, 0.3) is 0 Å². The highest BCUT2D eigenvalue weighted by molar-refractivity contribution is 7.24. The van der Waals surface area contributed by atoms with Crippen molar-refractivity contribution in [1.29, 1.82) is 0 Å². The van der Waals surface area contributed by atoms with E-state index in [4.69, 9.17) is 9.42 Å². The second-order valence-electron chi connectivity index (χ2n) is 2.88. The third-order valence-electron chi connectivity index (χ3n) is 2.05. The fourth-order valence-electron chi connectivity index (χ4n) is 1.42. The molecule has 0 amide bonds. The van der Waals surface area contributed by atoms with Crippen LogP contribution in [0, 0.1) is 0 Å². The topological polar surface area (TPSA) is 41.5 Å². The second kappa shape index (κ2) is 5.90. The number of hydrogen-bond donors (Lipinski definition) is 2. The molecule has 2 N–H and O–H groups in total. The zero-order valence-corrected chi connectivity index (χ0v) is 7.68. The Bertz CT molecular complexity index is 96.4. The molecule has 0 bridgehead atoms. The fraction of sp³-hybridized carbons (Fsp3) is 1.00. The van der Waals surface area contributed by atoms with Gasteiger partial charge in [0, 0.05) is 6.04 Å². The molecule has 66 valence electrons. The van der Waals surface area contributed by atoms with Gasteiger partial charge in [0.25, 0.3) is 0 Å². The van der Waals surface area contributed by atoms with Gasteiger partial charge >= 0.3 is 0 Å². The maximum atomic E-state index is 8.38. The van der Waals surface area contributed by atoms with Crippen LogP contribution in [0.2, 0.25) is 0 Å². The first-order valence-electron chi connectivity index (χ1n) is 4.18. The van der Waals surface area contributed by atoms with Crippen LogP contribution in [0.1, 0.15) is 25.7 Å². The largest absolute Gasteiger partial charge is 0.352 e. The van der Waals surface area contributed by atoms with Gasteiger partial charge in [0.15, 0.2) is 9.03 Å². The summed E-state index contributed by atoms with van der Waals surface area (Å²) < 4.78 is 4.88. The van der Waals surface area contributed by atoms with E-state index in [-0.39, 0.29) is 9.03 Å². The number of nitrogens with one attached hydrogen (secondary N) is 1. The maximum absolute atomic E-state index is 8.38. The second-order valence-corrected chi connectivity index (χ2v) is 3.35. The lowest BCUT2D eigenvalue weighted by molar-refractivity contribution is 0.276. The molecule has 0 aromatic rings. The molecule has 1 rings (SSSR count). The van der Waals surface area contributed by atoms with Crippen molar-refractivity contribution in [2.45, 2.75) is 31.7 Å². The molecule has 0 aromatic heterocycles. The first-order valence-corrected chi connectivity index (χ1v) is 5.03. The van der Waals surface area contributed by atoms with Crippen molar-refractivity contribution in [3.8, 4) is 0 Å². The van der Waals surface area contributed by atoms with Gasteiger partial charge in [-0.25, -0.2) is 0 Å². The number of hydrogen-bond acceptors (Lipinski definition) is 3. The van der Waals surface area contributed by atoms with E-state index >= 15 is 0 Å². The molecule has 11 heavy (non-hydrogen) atoms. The van der Waals surface area contributed by atoms with Crippen LogP contribution in [0.15, 0.2) is 0 Å². The Balaban J connectivity index is 1.96. The van der Waals surface area contributed by atoms with Crippen LogP contribution < -0.4 is 5.32 Å². The Kier molecular flexibility index (Phi) is 5.04. The van der Waals surface area contributed by atoms with Crippen molar-refractivity contribution >= 4 is 9.03 Å². The summed E-state index contributed by atoms with van der Waals surface area (Å²) in [6.07, 6.45) is 4.93. The molecule has 1 fully saturated rings. The van der Waals surface area contributed by atoms with E-state index in [1.165, 1.54) is 19.3 Å². The summed E-state index contributed by atoms with van der Waals surface area (Å²) in [6.45, 7) is 1.83. The van der Waals surface area contributed by atoms with Crippen molar-refractivity contribution in [1.82, 2.24) is 5.32 Å². The molecule has 1 heterocycles. The molecule has 2 atom stereocenters. The third kappa shape index (κ3) is 4.02. The van der Waals surface area contributed by atoms with Crippen molar-refractivity contribution in [2.24, 2.45) is 0 Å². The quantitative estimate of drug-likeness (QED) is 0.498. The monoisotopic (exact) mass is 177 g/mol. The van der Waals surface area contributed by atoms with Gasteiger partial charge in [-0.15, -0.1) is 0 Å². The van der Waals surface area contributed by atoms with Crippen molar-refractivity contribution in [2.75, 3.05) is 13.2 Å². The van der Waals surface area contributed by atoms with Crippen LogP contribution in [0.3, 0.4) is 0 Å². The highest BCUT2D eigenvalue weighted by Crippen LogP contribution is 2.12. The minimum Gasteiger partial charge on any atom is -0.352 e. The summed E-state index contributed by atoms with van der Waals surface area (Å²) in [4.78, 5) is 8.38. The molecule has 0 radical (unpaired) electrons. The molecule has 4 heteroatoms. The van der Waals surface area contributed by atoms with Crippen LogP contribution in [0.5, 0.6) is 0 Å². The van der Waals surface area contributed by atoms with Crippen molar-refractivity contribution < 1.29 is 9.42 Å². The molecule has 1 saturated heterocycles. The molecule has 0 aliphatic carbocycles. The van der Waals surface area contributed by atoms with E-state index < -0.39 is 0 Å². The third-order valence-corrected chi connectivity index (χ3v) is 2.38. The summed E-state index contributed by atoms with van der Waals surface area (Å²) in [7, 11) is -0.349. The normalized spacial score (nSPS) is 26.5. The predicted octanol–water partition coefficient (Wildman–Crippen LogP) is 1.04. The van der Waals surface area contributed by atoms with Gasteiger partial charge in [0.1, 0.15) is 0 Å². The molecule has 1 aliphatic heterocycles.